The van der Waals surface area contributed by atoms with Crippen molar-refractivity contribution in [3.63, 3.8) is 0 Å². The van der Waals surface area contributed by atoms with Crippen LogP contribution in [0.4, 0.5) is 0 Å². The molecule has 0 saturated heterocycles. The summed E-state index contributed by atoms with van der Waals surface area (Å²) in [6.07, 6.45) is 4.20. The largest absolute Gasteiger partial charge is 0.394 e. The van der Waals surface area contributed by atoms with Gasteiger partial charge in [0.25, 0.3) is 0 Å². The number of carbonyl (C=O) groups is 1. The van der Waals surface area contributed by atoms with E-state index in [1.54, 1.807) is 6.08 Å². The van der Waals surface area contributed by atoms with Gasteiger partial charge in [-0.15, -0.1) is 0 Å². The highest BCUT2D eigenvalue weighted by Gasteiger charge is 1.88. The van der Waals surface area contributed by atoms with E-state index in [1.807, 2.05) is 40.9 Å². The van der Waals surface area contributed by atoms with E-state index in [-0.39, 0.29) is 0 Å². The summed E-state index contributed by atoms with van der Waals surface area (Å²) < 4.78 is 0. The van der Waals surface area contributed by atoms with Gasteiger partial charge in [0, 0.05) is 7.05 Å². The second-order valence-corrected chi connectivity index (χ2v) is 2.10. The fourth-order valence-electron chi connectivity index (χ4n) is 0.564. The topological polar surface area (TPSA) is 29.1 Å². The van der Waals surface area contributed by atoms with Crippen molar-refractivity contribution >= 4 is 6.29 Å². The molecule has 0 saturated carbocycles. The molecule has 0 aliphatic carbocycles. The van der Waals surface area contributed by atoms with Gasteiger partial charge in [-0.1, -0.05) is 13.8 Å². The lowest BCUT2D eigenvalue weighted by Crippen LogP contribution is -1.95. The molecule has 0 aromatic carbocycles. The van der Waals surface area contributed by atoms with Gasteiger partial charge >= 0.3 is 0 Å². The Morgan fingerprint density at radius 2 is 1.67 bits per heavy atom. The van der Waals surface area contributed by atoms with Gasteiger partial charge in [0.05, 0.1) is 0 Å². The molecule has 0 aliphatic heterocycles. The Kier molecular flexibility index (Phi) is 11.2. The van der Waals surface area contributed by atoms with E-state index in [0.29, 0.717) is 0 Å². The number of rotatable bonds is 3. The summed E-state index contributed by atoms with van der Waals surface area (Å²) in [6, 6.07) is 0. The van der Waals surface area contributed by atoms with Gasteiger partial charge in [-0.25, -0.2) is 0 Å². The van der Waals surface area contributed by atoms with Gasteiger partial charge in [-0.2, -0.15) is 0 Å². The summed E-state index contributed by atoms with van der Waals surface area (Å²) in [5.74, 6) is 0. The standard InChI is InChI=1S/C8H13NO.C2H6/c1-7(4-5-10)8(2)6-9-3;1-2/h4-6,9H,1-3H3;1-2H3/b7-4-,8-6-;. The fraction of sp³-hybridized carbons (Fsp3) is 0.500. The van der Waals surface area contributed by atoms with Crippen molar-refractivity contribution < 1.29 is 4.79 Å². The smallest absolute Gasteiger partial charge is 0.143 e. The monoisotopic (exact) mass is 169 g/mol. The summed E-state index contributed by atoms with van der Waals surface area (Å²) in [5.41, 5.74) is 2.07. The van der Waals surface area contributed by atoms with Gasteiger partial charge in [-0.3, -0.25) is 4.79 Å². The molecule has 70 valence electrons. The Morgan fingerprint density at radius 3 is 2.00 bits per heavy atom. The third kappa shape index (κ3) is 7.06. The van der Waals surface area contributed by atoms with Crippen molar-refractivity contribution in [2.45, 2.75) is 27.7 Å². The molecule has 0 rings (SSSR count). The van der Waals surface area contributed by atoms with E-state index in [9.17, 15) is 4.79 Å². The van der Waals surface area contributed by atoms with Crippen LogP contribution in [0.25, 0.3) is 0 Å². The third-order valence-corrected chi connectivity index (χ3v) is 1.30. The van der Waals surface area contributed by atoms with Gasteiger partial charge < -0.3 is 5.32 Å². The van der Waals surface area contributed by atoms with E-state index in [2.05, 4.69) is 5.32 Å². The molecule has 0 aromatic rings. The van der Waals surface area contributed by atoms with Gasteiger partial charge in [0.15, 0.2) is 0 Å². The van der Waals surface area contributed by atoms with Crippen molar-refractivity contribution in [2.75, 3.05) is 7.05 Å². The minimum absolute atomic E-state index is 0.794. The lowest BCUT2D eigenvalue weighted by atomic mass is 10.1. The Bertz CT molecular complexity index is 169. The molecule has 0 heterocycles. The minimum Gasteiger partial charge on any atom is -0.394 e. The highest BCUT2D eigenvalue weighted by atomic mass is 16.1. The predicted molar refractivity (Wildman–Crippen MR) is 54.0 cm³/mol. The molecule has 0 fully saturated rings. The van der Waals surface area contributed by atoms with Crippen LogP contribution in [-0.2, 0) is 4.79 Å². The molecule has 0 amide bonds. The second kappa shape index (κ2) is 9.95. The number of hydrogen-bond acceptors (Lipinski definition) is 2. The average Bonchev–Trinajstić information content (AvgIpc) is 2.09. The minimum atomic E-state index is 0.794. The molecule has 0 aromatic heterocycles. The maximum absolute atomic E-state index is 10.00. The Morgan fingerprint density at radius 1 is 1.17 bits per heavy atom. The SMILES string of the molecule is CC.CN/C=C(C)\C(C)=C/C=O. The molecule has 0 radical (unpaired) electrons. The zero-order valence-corrected chi connectivity index (χ0v) is 8.64. The van der Waals surface area contributed by atoms with Crippen LogP contribution in [0.3, 0.4) is 0 Å². The maximum atomic E-state index is 10.00. The summed E-state index contributed by atoms with van der Waals surface area (Å²) in [7, 11) is 1.83. The molecule has 0 spiro atoms. The first-order valence-electron chi connectivity index (χ1n) is 4.19. The first-order chi connectivity index (χ1) is 5.72. The maximum Gasteiger partial charge on any atom is 0.143 e. The molecule has 2 nitrogen and oxygen atoms in total. The van der Waals surface area contributed by atoms with E-state index >= 15 is 0 Å². The van der Waals surface area contributed by atoms with E-state index in [0.717, 1.165) is 17.4 Å². The molecule has 0 aliphatic rings. The lowest BCUT2D eigenvalue weighted by Gasteiger charge is -1.97. The molecule has 0 bridgehead atoms. The van der Waals surface area contributed by atoms with Crippen molar-refractivity contribution in [3.8, 4) is 0 Å². The summed E-state index contributed by atoms with van der Waals surface area (Å²) >= 11 is 0. The molecule has 2 heteroatoms. The van der Waals surface area contributed by atoms with E-state index in [1.165, 1.54) is 0 Å². The highest BCUT2D eigenvalue weighted by Crippen LogP contribution is 2.04. The Hall–Kier alpha value is -1.05. The first kappa shape index (κ1) is 13.5. The van der Waals surface area contributed by atoms with Gasteiger partial charge in [0.2, 0.25) is 0 Å². The second-order valence-electron chi connectivity index (χ2n) is 2.10. The van der Waals surface area contributed by atoms with Crippen molar-refractivity contribution in [1.29, 1.82) is 0 Å². The number of hydrogen-bond donors (Lipinski definition) is 1. The first-order valence-corrected chi connectivity index (χ1v) is 4.19. The number of aldehydes is 1. The third-order valence-electron chi connectivity index (χ3n) is 1.30. The van der Waals surface area contributed by atoms with Crippen molar-refractivity contribution in [2.24, 2.45) is 0 Å². The van der Waals surface area contributed by atoms with Gasteiger partial charge in [-0.05, 0) is 37.3 Å². The van der Waals surface area contributed by atoms with Crippen molar-refractivity contribution in [3.05, 3.63) is 23.4 Å². The summed E-state index contributed by atoms with van der Waals surface area (Å²) in [4.78, 5) is 10.00. The number of allylic oxidation sites excluding steroid dienone is 3. The van der Waals surface area contributed by atoms with Crippen LogP contribution >= 0.6 is 0 Å². The van der Waals surface area contributed by atoms with Crippen LogP contribution in [0.5, 0.6) is 0 Å². The molecule has 0 atom stereocenters. The zero-order valence-electron chi connectivity index (χ0n) is 8.64. The van der Waals surface area contributed by atoms with Crippen molar-refractivity contribution in [1.82, 2.24) is 5.32 Å². The van der Waals surface area contributed by atoms with Crippen LogP contribution in [0, 0.1) is 0 Å². The fourth-order valence-corrected chi connectivity index (χ4v) is 0.564. The normalized spacial score (nSPS) is 11.4. The van der Waals surface area contributed by atoms with Crippen LogP contribution in [0.2, 0.25) is 0 Å². The quantitative estimate of drug-likeness (QED) is 0.399. The Balaban J connectivity index is 0. The van der Waals surface area contributed by atoms with Crippen LogP contribution in [0.15, 0.2) is 23.4 Å². The van der Waals surface area contributed by atoms with Crippen LogP contribution in [0.1, 0.15) is 27.7 Å². The number of carbonyl (C=O) groups excluding carboxylic acids is 1. The van der Waals surface area contributed by atoms with Crippen LogP contribution in [-0.4, -0.2) is 13.3 Å². The molecule has 12 heavy (non-hydrogen) atoms. The van der Waals surface area contributed by atoms with E-state index in [4.69, 9.17) is 0 Å². The average molecular weight is 169 g/mol. The van der Waals surface area contributed by atoms with E-state index < -0.39 is 0 Å². The molecule has 1 N–H and O–H groups in total. The molecule has 0 unspecified atom stereocenters. The Labute approximate surface area is 75.4 Å². The number of nitrogens with one attached hydrogen (secondary N) is 1. The summed E-state index contributed by atoms with van der Waals surface area (Å²) in [6.45, 7) is 7.85. The highest BCUT2D eigenvalue weighted by molar-refractivity contribution is 5.67. The van der Waals surface area contributed by atoms with Crippen LogP contribution < -0.4 is 5.32 Å². The molecular weight excluding hydrogens is 150 g/mol. The summed E-state index contributed by atoms with van der Waals surface area (Å²) in [5, 5.41) is 2.89. The predicted octanol–water partition coefficient (Wildman–Crippen LogP) is 2.28. The lowest BCUT2D eigenvalue weighted by molar-refractivity contribution is -0.104. The van der Waals surface area contributed by atoms with Gasteiger partial charge in [0.1, 0.15) is 6.29 Å². The molecular formula is C10H19NO. The zero-order chi connectivity index (χ0) is 9.98.